The number of halogens is 1. The standard InChI is InChI=1S/C27H32ClN3O4/c1-35-26(34)17-7-6-16(12-17)24(32)30-14-27(15-30)10-3-11-31(27)25(33)20-5-2-4-19-21-13-18(28)8-9-22(21)29-23(19)20/h8-9,13,16-17,20,29H,2-7,10-12,14-15H2,1H3. The third-order valence-electron chi connectivity index (χ3n) is 8.93. The Bertz CT molecular complexity index is 1200. The highest BCUT2D eigenvalue weighted by Gasteiger charge is 2.55. The molecule has 3 unspecified atom stereocenters. The SMILES string of the molecule is COC(=O)C1CCC(C(=O)N2CC3(CCCN3C(=O)C3CCCc4c3[nH]c3ccc(Cl)cc43)C2)C1. The number of nitrogens with zero attached hydrogens (tertiary/aromatic N) is 2. The highest BCUT2D eigenvalue weighted by Crippen LogP contribution is 2.44. The maximum absolute atomic E-state index is 13.9. The third kappa shape index (κ3) is 3.65. The smallest absolute Gasteiger partial charge is 0.308 e. The van der Waals surface area contributed by atoms with Crippen LogP contribution in [-0.2, 0) is 25.5 Å². The summed E-state index contributed by atoms with van der Waals surface area (Å²) >= 11 is 6.26. The number of esters is 1. The molecular formula is C27H32ClN3O4. The van der Waals surface area contributed by atoms with Crippen molar-refractivity contribution in [1.82, 2.24) is 14.8 Å². The number of benzene rings is 1. The fraction of sp³-hybridized carbons (Fsp3) is 0.593. The van der Waals surface area contributed by atoms with Gasteiger partial charge in [-0.1, -0.05) is 11.6 Å². The van der Waals surface area contributed by atoms with Crippen LogP contribution in [0.2, 0.25) is 5.02 Å². The van der Waals surface area contributed by atoms with E-state index in [9.17, 15) is 14.4 Å². The maximum Gasteiger partial charge on any atom is 0.308 e. The monoisotopic (exact) mass is 497 g/mol. The van der Waals surface area contributed by atoms with Crippen LogP contribution in [0.5, 0.6) is 0 Å². The van der Waals surface area contributed by atoms with E-state index in [0.29, 0.717) is 31.0 Å². The summed E-state index contributed by atoms with van der Waals surface area (Å²) in [6.07, 6.45) is 6.74. The molecule has 6 rings (SSSR count). The van der Waals surface area contributed by atoms with E-state index < -0.39 is 0 Å². The molecule has 2 aromatic rings. The van der Waals surface area contributed by atoms with Gasteiger partial charge in [0.1, 0.15) is 0 Å². The van der Waals surface area contributed by atoms with Gasteiger partial charge >= 0.3 is 5.97 Å². The van der Waals surface area contributed by atoms with Crippen LogP contribution in [0.1, 0.15) is 62.1 Å². The molecule has 3 fully saturated rings. The molecule has 35 heavy (non-hydrogen) atoms. The van der Waals surface area contributed by atoms with Crippen molar-refractivity contribution >= 4 is 40.3 Å². The van der Waals surface area contributed by atoms with Gasteiger partial charge in [0, 0.05) is 47.2 Å². The van der Waals surface area contributed by atoms with Gasteiger partial charge in [0.2, 0.25) is 11.8 Å². The largest absolute Gasteiger partial charge is 0.469 e. The molecule has 4 aliphatic rings. The van der Waals surface area contributed by atoms with Gasteiger partial charge in [-0.3, -0.25) is 14.4 Å². The summed E-state index contributed by atoms with van der Waals surface area (Å²) in [5.74, 6) is -0.325. The van der Waals surface area contributed by atoms with E-state index in [1.54, 1.807) is 0 Å². The fourth-order valence-electron chi connectivity index (χ4n) is 7.15. The number of carbonyl (C=O) groups excluding carboxylic acids is 3. The number of nitrogens with one attached hydrogen (secondary N) is 1. The van der Waals surface area contributed by atoms with Crippen LogP contribution in [0, 0.1) is 11.8 Å². The average Bonchev–Trinajstić information content (AvgIpc) is 3.58. The molecule has 1 aromatic heterocycles. The number of amides is 2. The first-order valence-corrected chi connectivity index (χ1v) is 13.3. The van der Waals surface area contributed by atoms with Crippen molar-refractivity contribution in [2.45, 2.75) is 62.8 Å². The predicted molar refractivity (Wildman–Crippen MR) is 132 cm³/mol. The summed E-state index contributed by atoms with van der Waals surface area (Å²) in [4.78, 5) is 46.5. The Morgan fingerprint density at radius 1 is 1.09 bits per heavy atom. The summed E-state index contributed by atoms with van der Waals surface area (Å²) in [6, 6.07) is 5.88. The quantitative estimate of drug-likeness (QED) is 0.649. The van der Waals surface area contributed by atoms with Crippen LogP contribution in [0.4, 0.5) is 0 Å². The number of ether oxygens (including phenoxy) is 1. The van der Waals surface area contributed by atoms with Gasteiger partial charge < -0.3 is 19.5 Å². The van der Waals surface area contributed by atoms with Crippen molar-refractivity contribution < 1.29 is 19.1 Å². The van der Waals surface area contributed by atoms with Crippen molar-refractivity contribution in [3.05, 3.63) is 34.5 Å². The minimum Gasteiger partial charge on any atom is -0.469 e. The minimum absolute atomic E-state index is 0.110. The topological polar surface area (TPSA) is 82.7 Å². The van der Waals surface area contributed by atoms with Crippen molar-refractivity contribution in [2.75, 3.05) is 26.7 Å². The summed E-state index contributed by atoms with van der Waals surface area (Å²) in [7, 11) is 1.41. The zero-order valence-corrected chi connectivity index (χ0v) is 20.9. The van der Waals surface area contributed by atoms with Gasteiger partial charge in [0.25, 0.3) is 0 Å². The van der Waals surface area contributed by atoms with Gasteiger partial charge in [0.05, 0.1) is 24.5 Å². The molecule has 1 spiro atoms. The second-order valence-corrected chi connectivity index (χ2v) is 11.3. The Labute approximate surface area is 210 Å². The number of H-pyrrole nitrogens is 1. The van der Waals surface area contributed by atoms with Crippen LogP contribution in [-0.4, -0.2) is 64.9 Å². The lowest BCUT2D eigenvalue weighted by Gasteiger charge is -2.54. The Morgan fingerprint density at radius 3 is 2.69 bits per heavy atom. The summed E-state index contributed by atoms with van der Waals surface area (Å²) in [5.41, 5.74) is 3.08. The minimum atomic E-state index is -0.236. The van der Waals surface area contributed by atoms with Gasteiger partial charge in [-0.05, 0) is 75.1 Å². The van der Waals surface area contributed by atoms with E-state index in [1.807, 2.05) is 23.1 Å². The molecule has 2 saturated heterocycles. The highest BCUT2D eigenvalue weighted by molar-refractivity contribution is 6.31. The molecule has 2 aliphatic carbocycles. The van der Waals surface area contributed by atoms with E-state index in [-0.39, 0.29) is 41.1 Å². The van der Waals surface area contributed by atoms with E-state index in [0.717, 1.165) is 61.7 Å². The molecule has 1 saturated carbocycles. The Hall–Kier alpha value is -2.54. The molecule has 0 bridgehead atoms. The summed E-state index contributed by atoms with van der Waals surface area (Å²) in [6.45, 7) is 1.98. The lowest BCUT2D eigenvalue weighted by Crippen LogP contribution is -2.70. The normalized spacial score (nSPS) is 27.2. The molecule has 3 heterocycles. The van der Waals surface area contributed by atoms with Crippen LogP contribution in [0.25, 0.3) is 10.9 Å². The number of aryl methyl sites for hydroxylation is 1. The molecule has 7 nitrogen and oxygen atoms in total. The number of aromatic amines is 1. The first kappa shape index (κ1) is 22.9. The van der Waals surface area contributed by atoms with E-state index >= 15 is 0 Å². The predicted octanol–water partition coefficient (Wildman–Crippen LogP) is 4.03. The van der Waals surface area contributed by atoms with Crippen molar-refractivity contribution in [2.24, 2.45) is 11.8 Å². The average molecular weight is 498 g/mol. The van der Waals surface area contributed by atoms with Crippen LogP contribution in [0.3, 0.4) is 0 Å². The number of carbonyl (C=O) groups is 3. The maximum atomic E-state index is 13.9. The number of fused-ring (bicyclic) bond motifs is 3. The fourth-order valence-corrected chi connectivity index (χ4v) is 7.32. The first-order valence-electron chi connectivity index (χ1n) is 12.9. The molecule has 3 atom stereocenters. The second-order valence-electron chi connectivity index (χ2n) is 10.9. The van der Waals surface area contributed by atoms with Crippen molar-refractivity contribution in [3.8, 4) is 0 Å². The van der Waals surface area contributed by atoms with E-state index in [2.05, 4.69) is 9.88 Å². The van der Waals surface area contributed by atoms with Crippen molar-refractivity contribution in [1.29, 1.82) is 0 Å². The molecule has 186 valence electrons. The van der Waals surface area contributed by atoms with Gasteiger partial charge in [-0.2, -0.15) is 0 Å². The van der Waals surface area contributed by atoms with Crippen LogP contribution in [0.15, 0.2) is 18.2 Å². The molecule has 8 heteroatoms. The molecule has 2 amide bonds. The van der Waals surface area contributed by atoms with Crippen LogP contribution >= 0.6 is 11.6 Å². The molecule has 0 radical (unpaired) electrons. The van der Waals surface area contributed by atoms with Gasteiger partial charge in [-0.15, -0.1) is 0 Å². The van der Waals surface area contributed by atoms with Gasteiger partial charge in [-0.25, -0.2) is 0 Å². The van der Waals surface area contributed by atoms with Gasteiger partial charge in [0.15, 0.2) is 0 Å². The zero-order valence-electron chi connectivity index (χ0n) is 20.1. The lowest BCUT2D eigenvalue weighted by molar-refractivity contribution is -0.157. The molecule has 2 aliphatic heterocycles. The number of hydrogen-bond acceptors (Lipinski definition) is 4. The second kappa shape index (κ2) is 8.54. The first-order chi connectivity index (χ1) is 16.9. The molecule has 1 aromatic carbocycles. The summed E-state index contributed by atoms with van der Waals surface area (Å²) in [5, 5.41) is 1.84. The third-order valence-corrected chi connectivity index (χ3v) is 9.16. The summed E-state index contributed by atoms with van der Waals surface area (Å²) < 4.78 is 4.87. The molecular weight excluding hydrogens is 466 g/mol. The number of methoxy groups -OCH3 is 1. The highest BCUT2D eigenvalue weighted by atomic mass is 35.5. The Balaban J connectivity index is 1.17. The number of rotatable bonds is 3. The number of aromatic nitrogens is 1. The Kier molecular flexibility index (Phi) is 5.59. The zero-order chi connectivity index (χ0) is 24.3. The Morgan fingerprint density at radius 2 is 1.89 bits per heavy atom. The van der Waals surface area contributed by atoms with Crippen molar-refractivity contribution in [3.63, 3.8) is 0 Å². The molecule has 1 N–H and O–H groups in total. The number of likely N-dealkylation sites (tertiary alicyclic amines) is 2. The van der Waals surface area contributed by atoms with E-state index in [1.165, 1.54) is 12.7 Å². The van der Waals surface area contributed by atoms with Crippen LogP contribution < -0.4 is 0 Å². The van der Waals surface area contributed by atoms with E-state index in [4.69, 9.17) is 16.3 Å². The lowest BCUT2D eigenvalue weighted by atomic mass is 9.82. The number of hydrogen-bond donors (Lipinski definition) is 1.